The van der Waals surface area contributed by atoms with Crippen LogP contribution in [-0.4, -0.2) is 27.6 Å². The van der Waals surface area contributed by atoms with Crippen LogP contribution in [0.2, 0.25) is 0 Å². The Kier molecular flexibility index (Phi) is 4.68. The highest BCUT2D eigenvalue weighted by Crippen LogP contribution is 2.37. The Bertz CT molecular complexity index is 687. The molecular weight excluding hydrogens is 306 g/mol. The number of amides is 1. The zero-order chi connectivity index (χ0) is 17.1. The van der Waals surface area contributed by atoms with Crippen LogP contribution in [0.25, 0.3) is 0 Å². The van der Waals surface area contributed by atoms with E-state index < -0.39 is 27.1 Å². The van der Waals surface area contributed by atoms with Crippen molar-refractivity contribution in [2.45, 2.75) is 38.1 Å². The first kappa shape index (κ1) is 16.5. The minimum atomic E-state index is -0.748. The molecule has 0 aromatic heterocycles. The fourth-order valence-electron chi connectivity index (χ4n) is 2.84. The van der Waals surface area contributed by atoms with Gasteiger partial charge in [-0.2, -0.15) is 0 Å². The number of rotatable bonds is 4. The van der Waals surface area contributed by atoms with E-state index in [1.807, 2.05) is 0 Å². The predicted molar refractivity (Wildman–Crippen MR) is 79.0 cm³/mol. The van der Waals surface area contributed by atoms with Gasteiger partial charge in [-0.05, 0) is 18.9 Å². The Balaban J connectivity index is 2.38. The van der Waals surface area contributed by atoms with Gasteiger partial charge in [-0.3, -0.25) is 29.8 Å². The van der Waals surface area contributed by atoms with Gasteiger partial charge in [0.2, 0.25) is 5.91 Å². The molecule has 0 saturated heterocycles. The number of nitro benzene ring substituents is 2. The SMILES string of the molecule is CC(=O)NC1CCC(=O)C(c2ccc([N+](=O)[O-])cc2[N+](=O)[O-])C1. The first-order valence-electron chi connectivity index (χ1n) is 7.02. The fourth-order valence-corrected chi connectivity index (χ4v) is 2.84. The Morgan fingerprint density at radius 3 is 2.52 bits per heavy atom. The van der Waals surface area contributed by atoms with Gasteiger partial charge >= 0.3 is 0 Å². The maximum atomic E-state index is 12.2. The molecule has 0 bridgehead atoms. The number of benzene rings is 1. The van der Waals surface area contributed by atoms with Crippen LogP contribution < -0.4 is 5.32 Å². The monoisotopic (exact) mass is 321 g/mol. The van der Waals surface area contributed by atoms with Gasteiger partial charge in [0, 0.05) is 31.0 Å². The Morgan fingerprint density at radius 2 is 1.96 bits per heavy atom. The Hall–Kier alpha value is -2.84. The summed E-state index contributed by atoms with van der Waals surface area (Å²) in [5, 5.41) is 24.7. The minimum absolute atomic E-state index is 0.153. The Morgan fingerprint density at radius 1 is 1.26 bits per heavy atom. The van der Waals surface area contributed by atoms with Gasteiger partial charge in [-0.15, -0.1) is 0 Å². The molecule has 1 fully saturated rings. The van der Waals surface area contributed by atoms with Crippen molar-refractivity contribution in [2.75, 3.05) is 0 Å². The molecule has 1 aliphatic rings. The van der Waals surface area contributed by atoms with E-state index in [2.05, 4.69) is 5.32 Å². The number of hydrogen-bond donors (Lipinski definition) is 1. The van der Waals surface area contributed by atoms with E-state index in [-0.39, 0.29) is 36.1 Å². The molecule has 0 aliphatic heterocycles. The average molecular weight is 321 g/mol. The van der Waals surface area contributed by atoms with Crippen molar-refractivity contribution in [1.82, 2.24) is 5.32 Å². The number of nitrogens with zero attached hydrogens (tertiary/aromatic N) is 2. The van der Waals surface area contributed by atoms with E-state index in [0.717, 1.165) is 12.1 Å². The second-order valence-electron chi connectivity index (χ2n) is 5.45. The van der Waals surface area contributed by atoms with Crippen LogP contribution in [0.5, 0.6) is 0 Å². The summed E-state index contributed by atoms with van der Waals surface area (Å²) in [5.41, 5.74) is -0.691. The maximum absolute atomic E-state index is 12.2. The number of nitrogens with one attached hydrogen (secondary N) is 1. The molecule has 1 amide bonds. The number of non-ortho nitro benzene ring substituents is 1. The molecule has 9 nitrogen and oxygen atoms in total. The second-order valence-corrected chi connectivity index (χ2v) is 5.45. The highest BCUT2D eigenvalue weighted by molar-refractivity contribution is 5.88. The molecule has 2 atom stereocenters. The molecule has 23 heavy (non-hydrogen) atoms. The quantitative estimate of drug-likeness (QED) is 0.664. The molecule has 9 heteroatoms. The lowest BCUT2D eigenvalue weighted by Gasteiger charge is -2.28. The van der Waals surface area contributed by atoms with E-state index in [9.17, 15) is 29.8 Å². The summed E-state index contributed by atoms with van der Waals surface area (Å²) in [7, 11) is 0. The molecule has 1 aliphatic carbocycles. The standard InChI is InChI=1S/C14H15N3O6/c1-8(18)15-9-2-5-14(19)12(6-9)11-4-3-10(16(20)21)7-13(11)17(22)23/h3-4,7,9,12H,2,5-6H2,1H3,(H,15,18). The van der Waals surface area contributed by atoms with Crippen LogP contribution in [0.4, 0.5) is 11.4 Å². The first-order chi connectivity index (χ1) is 10.8. The third-order valence-corrected chi connectivity index (χ3v) is 3.85. The van der Waals surface area contributed by atoms with E-state index in [1.165, 1.54) is 13.0 Å². The van der Waals surface area contributed by atoms with Gasteiger partial charge < -0.3 is 5.32 Å². The van der Waals surface area contributed by atoms with E-state index in [0.29, 0.717) is 6.42 Å². The summed E-state index contributed by atoms with van der Waals surface area (Å²) in [6, 6.07) is 3.03. The topological polar surface area (TPSA) is 132 Å². The van der Waals surface area contributed by atoms with Crippen molar-refractivity contribution >= 4 is 23.1 Å². The van der Waals surface area contributed by atoms with Gasteiger partial charge in [0.1, 0.15) is 5.78 Å². The maximum Gasteiger partial charge on any atom is 0.280 e. The zero-order valence-electron chi connectivity index (χ0n) is 12.4. The molecule has 0 radical (unpaired) electrons. The second kappa shape index (κ2) is 6.51. The number of nitro groups is 2. The summed E-state index contributed by atoms with van der Waals surface area (Å²) in [6.45, 7) is 1.36. The summed E-state index contributed by atoms with van der Waals surface area (Å²) in [5.74, 6) is -1.15. The molecule has 1 saturated carbocycles. The van der Waals surface area contributed by atoms with Crippen LogP contribution in [0, 0.1) is 20.2 Å². The van der Waals surface area contributed by atoms with Gasteiger partial charge in [-0.1, -0.05) is 0 Å². The summed E-state index contributed by atoms with van der Waals surface area (Å²) in [4.78, 5) is 43.8. The van der Waals surface area contributed by atoms with E-state index in [1.54, 1.807) is 0 Å². The van der Waals surface area contributed by atoms with Gasteiger partial charge in [-0.25, -0.2) is 0 Å². The smallest absolute Gasteiger partial charge is 0.280 e. The lowest BCUT2D eigenvalue weighted by atomic mass is 9.79. The van der Waals surface area contributed by atoms with Crippen LogP contribution in [-0.2, 0) is 9.59 Å². The van der Waals surface area contributed by atoms with Gasteiger partial charge in [0.05, 0.1) is 21.8 Å². The summed E-state index contributed by atoms with van der Waals surface area (Å²) < 4.78 is 0. The molecule has 0 heterocycles. The number of Topliss-reactive ketones (excluding diaryl/α,β-unsaturated/α-hetero) is 1. The number of carbonyl (C=O) groups excluding carboxylic acids is 2. The van der Waals surface area contributed by atoms with Gasteiger partial charge in [0.25, 0.3) is 11.4 Å². The lowest BCUT2D eigenvalue weighted by Crippen LogP contribution is -2.39. The Labute approximate surface area is 131 Å². The highest BCUT2D eigenvalue weighted by Gasteiger charge is 2.35. The largest absolute Gasteiger partial charge is 0.354 e. The van der Waals surface area contributed by atoms with Crippen LogP contribution in [0.3, 0.4) is 0 Å². The molecular formula is C14H15N3O6. The fraction of sp³-hybridized carbons (Fsp3) is 0.429. The van der Waals surface area contributed by atoms with Crippen molar-refractivity contribution in [3.63, 3.8) is 0 Å². The van der Waals surface area contributed by atoms with Crippen LogP contribution in [0.1, 0.15) is 37.7 Å². The highest BCUT2D eigenvalue weighted by atomic mass is 16.6. The van der Waals surface area contributed by atoms with Crippen molar-refractivity contribution < 1.29 is 19.4 Å². The van der Waals surface area contributed by atoms with E-state index in [4.69, 9.17) is 0 Å². The van der Waals surface area contributed by atoms with E-state index >= 15 is 0 Å². The number of ketones is 1. The third-order valence-electron chi connectivity index (χ3n) is 3.85. The zero-order valence-corrected chi connectivity index (χ0v) is 12.4. The molecule has 0 spiro atoms. The first-order valence-corrected chi connectivity index (χ1v) is 7.02. The average Bonchev–Trinajstić information content (AvgIpc) is 2.48. The molecule has 2 rings (SSSR count). The molecule has 1 N–H and O–H groups in total. The lowest BCUT2D eigenvalue weighted by molar-refractivity contribution is -0.394. The number of hydrogen-bond acceptors (Lipinski definition) is 6. The molecule has 2 unspecified atom stereocenters. The van der Waals surface area contributed by atoms with Crippen molar-refractivity contribution in [1.29, 1.82) is 0 Å². The van der Waals surface area contributed by atoms with Crippen molar-refractivity contribution in [3.05, 3.63) is 44.0 Å². The predicted octanol–water partition coefficient (Wildman–Crippen LogP) is 1.84. The van der Waals surface area contributed by atoms with Crippen LogP contribution >= 0.6 is 0 Å². The molecule has 1 aromatic carbocycles. The number of carbonyl (C=O) groups is 2. The minimum Gasteiger partial charge on any atom is -0.354 e. The van der Waals surface area contributed by atoms with Gasteiger partial charge in [0.15, 0.2) is 0 Å². The molecule has 1 aromatic rings. The van der Waals surface area contributed by atoms with Crippen molar-refractivity contribution in [2.24, 2.45) is 0 Å². The molecule has 122 valence electrons. The third kappa shape index (κ3) is 3.68. The van der Waals surface area contributed by atoms with Crippen molar-refractivity contribution in [3.8, 4) is 0 Å². The van der Waals surface area contributed by atoms with Crippen LogP contribution in [0.15, 0.2) is 18.2 Å². The normalized spacial score (nSPS) is 20.8. The summed E-state index contributed by atoms with van der Waals surface area (Å²) in [6.07, 6.45) is 0.927. The summed E-state index contributed by atoms with van der Waals surface area (Å²) >= 11 is 0.